The zero-order chi connectivity index (χ0) is 12.8. The first-order valence-corrected chi connectivity index (χ1v) is 6.07. The molecule has 0 fully saturated rings. The molecule has 3 heteroatoms. The number of benzene rings is 2. The predicted molar refractivity (Wildman–Crippen MR) is 70.7 cm³/mol. The Morgan fingerprint density at radius 2 is 1.50 bits per heavy atom. The summed E-state index contributed by atoms with van der Waals surface area (Å²) in [7, 11) is 0. The Labute approximate surface area is 107 Å². The highest BCUT2D eigenvalue weighted by atomic mass is 16.5. The van der Waals surface area contributed by atoms with Gasteiger partial charge < -0.3 is 15.4 Å². The van der Waals surface area contributed by atoms with Crippen LogP contribution in [-0.2, 0) is 6.42 Å². The van der Waals surface area contributed by atoms with Crippen LogP contribution in [0.2, 0.25) is 0 Å². The molecule has 2 rings (SSSR count). The monoisotopic (exact) mass is 243 g/mol. The lowest BCUT2D eigenvalue weighted by atomic mass is 10.1. The molecule has 0 bridgehead atoms. The summed E-state index contributed by atoms with van der Waals surface area (Å²) in [6.07, 6.45) is -0.335. The molecule has 0 aliphatic carbocycles. The topological polar surface area (TPSA) is 47.7 Å². The molecule has 0 spiro atoms. The molecule has 0 aliphatic rings. The Morgan fingerprint density at radius 1 is 0.944 bits per heavy atom. The number of hydrogen-bond donors (Lipinski definition) is 2. The average molecular weight is 243 g/mol. The summed E-state index contributed by atoms with van der Waals surface area (Å²) >= 11 is 0. The van der Waals surface area contributed by atoms with Gasteiger partial charge in [0, 0.05) is 12.0 Å². The van der Waals surface area contributed by atoms with Crippen molar-refractivity contribution >= 4 is 0 Å². The summed E-state index contributed by atoms with van der Waals surface area (Å²) in [6.45, 7) is 0.361. The molecule has 2 aromatic rings. The smallest absolute Gasteiger partial charge is 0.215 e. The van der Waals surface area contributed by atoms with Gasteiger partial charge in [-0.1, -0.05) is 60.7 Å². The van der Waals surface area contributed by atoms with Crippen molar-refractivity contribution in [1.82, 2.24) is 0 Å². The van der Waals surface area contributed by atoms with E-state index < -0.39 is 6.23 Å². The summed E-state index contributed by atoms with van der Waals surface area (Å²) < 4.78 is 0. The van der Waals surface area contributed by atoms with E-state index in [1.54, 1.807) is 12.1 Å². The van der Waals surface area contributed by atoms with Crippen molar-refractivity contribution in [1.29, 1.82) is 0 Å². The molecule has 0 saturated heterocycles. The van der Waals surface area contributed by atoms with Crippen LogP contribution < -0.4 is 5.06 Å². The van der Waals surface area contributed by atoms with Crippen LogP contribution >= 0.6 is 0 Å². The van der Waals surface area contributed by atoms with Crippen LogP contribution in [0, 0.1) is 5.21 Å². The highest BCUT2D eigenvalue weighted by molar-refractivity contribution is 5.16. The highest BCUT2D eigenvalue weighted by Gasteiger charge is 2.13. The van der Waals surface area contributed by atoms with Gasteiger partial charge in [0.2, 0.25) is 6.23 Å². The first kappa shape index (κ1) is 12.8. The molecular weight excluding hydrogens is 226 g/mol. The molecular formula is C15H17NO2. The fourth-order valence-corrected chi connectivity index (χ4v) is 1.87. The minimum atomic E-state index is -1.00. The van der Waals surface area contributed by atoms with E-state index in [1.807, 2.05) is 48.5 Å². The van der Waals surface area contributed by atoms with E-state index in [4.69, 9.17) is 0 Å². The van der Waals surface area contributed by atoms with Crippen molar-refractivity contribution in [3.63, 3.8) is 0 Å². The van der Waals surface area contributed by atoms with Gasteiger partial charge in [-0.25, -0.2) is 0 Å². The van der Waals surface area contributed by atoms with Crippen LogP contribution in [0.3, 0.4) is 0 Å². The summed E-state index contributed by atoms with van der Waals surface area (Å²) in [6, 6.07) is 18.9. The lowest BCUT2D eigenvalue weighted by Gasteiger charge is -2.27. The van der Waals surface area contributed by atoms with E-state index in [0.717, 1.165) is 5.56 Å². The largest absolute Gasteiger partial charge is 0.632 e. The van der Waals surface area contributed by atoms with Crippen molar-refractivity contribution < 1.29 is 10.2 Å². The van der Waals surface area contributed by atoms with Crippen LogP contribution in [0.4, 0.5) is 0 Å². The van der Waals surface area contributed by atoms with Crippen molar-refractivity contribution in [2.75, 3.05) is 6.54 Å². The van der Waals surface area contributed by atoms with Crippen molar-refractivity contribution in [3.05, 3.63) is 77.0 Å². The van der Waals surface area contributed by atoms with Crippen LogP contribution in [0.5, 0.6) is 0 Å². The molecule has 2 N–H and O–H groups in total. The van der Waals surface area contributed by atoms with E-state index in [9.17, 15) is 10.3 Å². The van der Waals surface area contributed by atoms with E-state index in [0.29, 0.717) is 18.5 Å². The normalized spacial score (nSPS) is 14.1. The van der Waals surface area contributed by atoms with Crippen molar-refractivity contribution in [2.45, 2.75) is 12.6 Å². The first-order valence-electron chi connectivity index (χ1n) is 6.07. The second-order valence-electron chi connectivity index (χ2n) is 4.27. The molecule has 2 atom stereocenters. The maximum Gasteiger partial charge on any atom is 0.215 e. The molecule has 2 aromatic carbocycles. The summed E-state index contributed by atoms with van der Waals surface area (Å²) in [5, 5.41) is 21.7. The fourth-order valence-electron chi connectivity index (χ4n) is 1.87. The van der Waals surface area contributed by atoms with Crippen molar-refractivity contribution in [2.24, 2.45) is 0 Å². The fraction of sp³-hybridized carbons (Fsp3) is 0.200. The van der Waals surface area contributed by atoms with Gasteiger partial charge in [0.1, 0.15) is 0 Å². The van der Waals surface area contributed by atoms with Crippen molar-refractivity contribution in [3.8, 4) is 0 Å². The predicted octanol–water partition coefficient (Wildman–Crippen LogP) is 1.30. The van der Waals surface area contributed by atoms with E-state index in [1.165, 1.54) is 0 Å². The van der Waals surface area contributed by atoms with Gasteiger partial charge in [-0.3, -0.25) is 0 Å². The maximum atomic E-state index is 11.9. The third-order valence-corrected chi connectivity index (χ3v) is 2.92. The van der Waals surface area contributed by atoms with E-state index in [2.05, 4.69) is 0 Å². The number of quaternary nitrogens is 1. The Hall–Kier alpha value is -1.68. The molecule has 0 aliphatic heterocycles. The number of rotatable bonds is 5. The Balaban J connectivity index is 1.90. The molecule has 3 nitrogen and oxygen atoms in total. The number of nitrogens with one attached hydrogen (secondary N) is 1. The van der Waals surface area contributed by atoms with Gasteiger partial charge >= 0.3 is 0 Å². The number of hydrogen-bond acceptors (Lipinski definition) is 2. The van der Waals surface area contributed by atoms with Gasteiger partial charge in [-0.15, -0.1) is 0 Å². The molecule has 0 radical (unpaired) electrons. The number of aliphatic hydroxyl groups excluding tert-OH is 1. The molecule has 0 amide bonds. The minimum Gasteiger partial charge on any atom is -0.632 e. The molecule has 18 heavy (non-hydrogen) atoms. The van der Waals surface area contributed by atoms with Gasteiger partial charge in [-0.2, -0.15) is 0 Å². The second kappa shape index (κ2) is 6.31. The molecule has 0 aromatic heterocycles. The first-order chi connectivity index (χ1) is 8.77. The average Bonchev–Trinajstić information content (AvgIpc) is 2.46. The highest BCUT2D eigenvalue weighted by Crippen LogP contribution is 2.05. The summed E-state index contributed by atoms with van der Waals surface area (Å²) in [4.78, 5) is 0. The quantitative estimate of drug-likeness (QED) is 0.614. The van der Waals surface area contributed by atoms with Gasteiger partial charge in [-0.05, 0) is 5.56 Å². The molecule has 2 unspecified atom stereocenters. The van der Waals surface area contributed by atoms with Crippen LogP contribution in [0.1, 0.15) is 17.4 Å². The van der Waals surface area contributed by atoms with E-state index >= 15 is 0 Å². The molecule has 94 valence electrons. The minimum absolute atomic E-state index is 0.134. The second-order valence-corrected chi connectivity index (χ2v) is 4.27. The SMILES string of the molecule is [O-][NH+](CCc1ccccc1)C(O)c1ccccc1. The number of hydroxylamine groups is 2. The summed E-state index contributed by atoms with van der Waals surface area (Å²) in [5.41, 5.74) is 1.78. The van der Waals surface area contributed by atoms with Crippen LogP contribution in [0.15, 0.2) is 60.7 Å². The zero-order valence-electron chi connectivity index (χ0n) is 10.1. The lowest BCUT2D eigenvalue weighted by molar-refractivity contribution is -0.907. The number of aliphatic hydroxyl groups is 1. The summed E-state index contributed by atoms with van der Waals surface area (Å²) in [5.74, 6) is 0. The van der Waals surface area contributed by atoms with Gasteiger partial charge in [0.05, 0.1) is 6.54 Å². The Bertz CT molecular complexity index is 458. The maximum absolute atomic E-state index is 11.9. The molecule has 0 heterocycles. The molecule has 0 saturated carbocycles. The zero-order valence-corrected chi connectivity index (χ0v) is 10.1. The Kier molecular flexibility index (Phi) is 4.47. The van der Waals surface area contributed by atoms with Gasteiger partial charge in [0.25, 0.3) is 0 Å². The van der Waals surface area contributed by atoms with E-state index in [-0.39, 0.29) is 5.06 Å². The third kappa shape index (κ3) is 3.40. The van der Waals surface area contributed by atoms with Gasteiger partial charge in [0.15, 0.2) is 0 Å². The lowest BCUT2D eigenvalue weighted by Crippen LogP contribution is -3.08. The van der Waals surface area contributed by atoms with Crippen LogP contribution in [-0.4, -0.2) is 11.7 Å². The Morgan fingerprint density at radius 3 is 2.11 bits per heavy atom. The third-order valence-electron chi connectivity index (χ3n) is 2.92. The van der Waals surface area contributed by atoms with Crippen LogP contribution in [0.25, 0.3) is 0 Å². The standard InChI is InChI=1S/C15H17NO2/c17-15(14-9-5-2-6-10-14)16(18)12-11-13-7-3-1-4-8-13/h1-10,15-17H,11-12H2.